The lowest BCUT2D eigenvalue weighted by Crippen LogP contribution is -2.52. The Hall–Kier alpha value is -1.60. The minimum atomic E-state index is -3.09. The summed E-state index contributed by atoms with van der Waals surface area (Å²) < 4.78 is 26.4. The first kappa shape index (κ1) is 20.7. The van der Waals surface area contributed by atoms with Crippen molar-refractivity contribution >= 4 is 16.1 Å². The number of benzene rings is 1. The molecule has 0 radical (unpaired) electrons. The maximum Gasteiger partial charge on any atom is 0.317 e. The van der Waals surface area contributed by atoms with Crippen molar-refractivity contribution in [3.8, 4) is 0 Å². The zero-order valence-electron chi connectivity index (χ0n) is 17.3. The molecule has 1 heterocycles. The molecule has 2 aliphatic carbocycles. The molecule has 1 aliphatic heterocycles. The molecule has 0 bridgehead atoms. The van der Waals surface area contributed by atoms with Crippen molar-refractivity contribution in [2.24, 2.45) is 0 Å². The minimum absolute atomic E-state index is 0.0170. The van der Waals surface area contributed by atoms with Crippen LogP contribution < -0.4 is 5.32 Å². The van der Waals surface area contributed by atoms with E-state index >= 15 is 0 Å². The Kier molecular flexibility index (Phi) is 6.16. The Morgan fingerprint density at radius 2 is 1.59 bits per heavy atom. The second-order valence-corrected chi connectivity index (χ2v) is 11.1. The molecule has 0 atom stereocenters. The summed E-state index contributed by atoms with van der Waals surface area (Å²) in [5.74, 6) is 0.597. The molecule has 0 spiro atoms. The number of rotatable bonds is 5. The summed E-state index contributed by atoms with van der Waals surface area (Å²) >= 11 is 0. The number of carbonyl (C=O) groups excluding carboxylic acids is 1. The summed E-state index contributed by atoms with van der Waals surface area (Å²) in [5, 5.41) is 3.07. The molecule has 2 amide bonds. The third kappa shape index (κ3) is 4.77. The van der Waals surface area contributed by atoms with E-state index in [-0.39, 0.29) is 23.4 Å². The van der Waals surface area contributed by atoms with E-state index in [2.05, 4.69) is 35.6 Å². The van der Waals surface area contributed by atoms with Crippen molar-refractivity contribution in [2.75, 3.05) is 20.1 Å². The van der Waals surface area contributed by atoms with Gasteiger partial charge in [0.25, 0.3) is 0 Å². The van der Waals surface area contributed by atoms with Gasteiger partial charge < -0.3 is 10.2 Å². The van der Waals surface area contributed by atoms with Crippen LogP contribution in [0.2, 0.25) is 0 Å². The highest BCUT2D eigenvalue weighted by Gasteiger charge is 2.41. The maximum absolute atomic E-state index is 12.7. The van der Waals surface area contributed by atoms with Crippen molar-refractivity contribution < 1.29 is 13.2 Å². The first-order valence-corrected chi connectivity index (χ1v) is 12.5. The Morgan fingerprint density at radius 3 is 2.17 bits per heavy atom. The molecule has 1 aromatic carbocycles. The second kappa shape index (κ2) is 8.64. The first-order valence-electron chi connectivity index (χ1n) is 11.0. The zero-order chi connectivity index (χ0) is 20.4. The van der Waals surface area contributed by atoms with Crippen molar-refractivity contribution in [3.05, 3.63) is 35.9 Å². The fourth-order valence-corrected chi connectivity index (χ4v) is 6.67. The van der Waals surface area contributed by atoms with E-state index < -0.39 is 10.0 Å². The fraction of sp³-hybridized carbons (Fsp3) is 0.682. The van der Waals surface area contributed by atoms with Gasteiger partial charge in [0, 0.05) is 32.2 Å². The predicted molar refractivity (Wildman–Crippen MR) is 114 cm³/mol. The maximum atomic E-state index is 12.7. The largest absolute Gasteiger partial charge is 0.335 e. The monoisotopic (exact) mass is 419 g/mol. The summed E-state index contributed by atoms with van der Waals surface area (Å²) in [7, 11) is -1.25. The van der Waals surface area contributed by atoms with Gasteiger partial charge in [-0.25, -0.2) is 17.5 Å². The van der Waals surface area contributed by atoms with E-state index in [1.165, 1.54) is 5.56 Å². The van der Waals surface area contributed by atoms with Gasteiger partial charge in [0.2, 0.25) is 10.0 Å². The van der Waals surface area contributed by atoms with Crippen LogP contribution in [0.5, 0.6) is 0 Å². The lowest BCUT2D eigenvalue weighted by atomic mass is 9.82. The summed E-state index contributed by atoms with van der Waals surface area (Å²) in [6.45, 7) is 1.06. The number of piperidine rings is 1. The molecular formula is C22H33N3O3S. The Bertz CT molecular complexity index is 794. The predicted octanol–water partition coefficient (Wildman–Crippen LogP) is 3.31. The van der Waals surface area contributed by atoms with Gasteiger partial charge in [-0.2, -0.15) is 0 Å². The average molecular weight is 420 g/mol. The molecule has 0 aromatic heterocycles. The Labute approximate surface area is 174 Å². The lowest BCUT2D eigenvalue weighted by Gasteiger charge is -2.37. The van der Waals surface area contributed by atoms with Gasteiger partial charge in [-0.1, -0.05) is 30.3 Å². The van der Waals surface area contributed by atoms with Gasteiger partial charge in [0.1, 0.15) is 0 Å². The third-order valence-electron chi connectivity index (χ3n) is 6.92. The molecule has 160 valence electrons. The standard InChI is InChI=1S/C22H33N3O3S/c1-24(20-13-15-25(16-14-20)29(27,28)21-11-12-21)22(26)23-19-9-7-18(8-10-19)17-5-3-2-4-6-17/h2-6,18-21H,7-16H2,1H3,(H,23,26)/t18-,19-. The average Bonchev–Trinajstić information content (AvgIpc) is 3.60. The van der Waals surface area contributed by atoms with Gasteiger partial charge in [0.05, 0.1) is 5.25 Å². The van der Waals surface area contributed by atoms with Crippen LogP contribution in [0.1, 0.15) is 62.8 Å². The van der Waals surface area contributed by atoms with Gasteiger partial charge in [0.15, 0.2) is 0 Å². The van der Waals surface area contributed by atoms with E-state index in [0.717, 1.165) is 51.4 Å². The quantitative estimate of drug-likeness (QED) is 0.796. The van der Waals surface area contributed by atoms with Gasteiger partial charge in [-0.15, -0.1) is 0 Å². The number of hydrogen-bond donors (Lipinski definition) is 1. The van der Waals surface area contributed by atoms with Gasteiger partial charge in [-0.3, -0.25) is 0 Å². The smallest absolute Gasteiger partial charge is 0.317 e. The molecule has 4 rings (SSSR count). The topological polar surface area (TPSA) is 69.7 Å². The minimum Gasteiger partial charge on any atom is -0.335 e. The van der Waals surface area contributed by atoms with Crippen molar-refractivity contribution in [3.63, 3.8) is 0 Å². The molecule has 1 N–H and O–H groups in total. The number of urea groups is 1. The number of amides is 2. The van der Waals surface area contributed by atoms with Crippen LogP contribution in [0.4, 0.5) is 4.79 Å². The number of hydrogen-bond acceptors (Lipinski definition) is 3. The summed E-state index contributed by atoms with van der Waals surface area (Å²) in [6, 6.07) is 11.0. The van der Waals surface area contributed by atoms with Crippen LogP contribution >= 0.6 is 0 Å². The van der Waals surface area contributed by atoms with Crippen LogP contribution in [-0.4, -0.2) is 61.1 Å². The molecule has 3 aliphatic rings. The van der Waals surface area contributed by atoms with E-state index in [9.17, 15) is 13.2 Å². The van der Waals surface area contributed by atoms with Crippen molar-refractivity contribution in [1.82, 2.24) is 14.5 Å². The van der Waals surface area contributed by atoms with Crippen LogP contribution in [0.15, 0.2) is 30.3 Å². The van der Waals surface area contributed by atoms with Crippen LogP contribution in [0.25, 0.3) is 0 Å². The first-order chi connectivity index (χ1) is 13.9. The molecule has 29 heavy (non-hydrogen) atoms. The highest BCUT2D eigenvalue weighted by molar-refractivity contribution is 7.90. The van der Waals surface area contributed by atoms with Gasteiger partial charge in [-0.05, 0) is 62.8 Å². The summed E-state index contributed by atoms with van der Waals surface area (Å²) in [6.07, 6.45) is 7.28. The number of nitrogens with zero attached hydrogens (tertiary/aromatic N) is 2. The molecule has 7 heteroatoms. The molecule has 0 unspecified atom stereocenters. The summed E-state index contributed by atoms with van der Waals surface area (Å²) in [4.78, 5) is 14.5. The second-order valence-electron chi connectivity index (χ2n) is 8.89. The number of nitrogens with one attached hydrogen (secondary N) is 1. The molecule has 1 aromatic rings. The lowest BCUT2D eigenvalue weighted by molar-refractivity contribution is 0.157. The molecule has 2 saturated carbocycles. The van der Waals surface area contributed by atoms with E-state index in [0.29, 0.717) is 19.0 Å². The van der Waals surface area contributed by atoms with Gasteiger partial charge >= 0.3 is 6.03 Å². The highest BCUT2D eigenvalue weighted by atomic mass is 32.2. The molecule has 1 saturated heterocycles. The van der Waals surface area contributed by atoms with E-state index in [1.807, 2.05) is 7.05 Å². The fourth-order valence-electron chi connectivity index (χ4n) is 4.80. The molecule has 3 fully saturated rings. The van der Waals surface area contributed by atoms with E-state index in [1.54, 1.807) is 9.21 Å². The van der Waals surface area contributed by atoms with Crippen LogP contribution in [0.3, 0.4) is 0 Å². The molecular weight excluding hydrogens is 386 g/mol. The Morgan fingerprint density at radius 1 is 0.966 bits per heavy atom. The highest BCUT2D eigenvalue weighted by Crippen LogP contribution is 2.34. The molecule has 6 nitrogen and oxygen atoms in total. The van der Waals surface area contributed by atoms with Crippen molar-refractivity contribution in [2.45, 2.75) is 74.6 Å². The van der Waals surface area contributed by atoms with E-state index in [4.69, 9.17) is 0 Å². The normalized spacial score (nSPS) is 26.8. The zero-order valence-corrected chi connectivity index (χ0v) is 18.1. The van der Waals surface area contributed by atoms with Crippen LogP contribution in [0, 0.1) is 0 Å². The van der Waals surface area contributed by atoms with Crippen LogP contribution in [-0.2, 0) is 10.0 Å². The third-order valence-corrected chi connectivity index (χ3v) is 9.32. The summed E-state index contributed by atoms with van der Waals surface area (Å²) in [5.41, 5.74) is 1.40. The number of carbonyl (C=O) groups is 1. The van der Waals surface area contributed by atoms with Crippen molar-refractivity contribution in [1.29, 1.82) is 0 Å². The Balaban J connectivity index is 1.22. The number of sulfonamides is 1. The SMILES string of the molecule is CN(C(=O)N[C@H]1CC[C@H](c2ccccc2)CC1)C1CCN(S(=O)(=O)C2CC2)CC1.